The molecule has 0 N–H and O–H groups in total. The number of non-ortho nitro benzene ring substituents is 1. The maximum Gasteiger partial charge on any atom is 0.338 e. The zero-order chi connectivity index (χ0) is 60.2. The van der Waals surface area contributed by atoms with Crippen LogP contribution in [0.15, 0.2) is 148 Å². The Morgan fingerprint density at radius 1 is 0.427 bits per heavy atom. The topological polar surface area (TPSA) is 210 Å². The number of nitro benzene ring substituents is 1. The minimum atomic E-state index is -0.711. The molecule has 0 bridgehead atoms. The van der Waals surface area contributed by atoms with E-state index in [1.54, 1.807) is 53.8 Å². The lowest BCUT2D eigenvalue weighted by Gasteiger charge is -2.10. The van der Waals surface area contributed by atoms with Crippen LogP contribution in [0.25, 0.3) is 10.4 Å². The summed E-state index contributed by atoms with van der Waals surface area (Å²) in [6.07, 6.45) is 25.9. The first-order chi connectivity index (χ1) is 39.8. The van der Waals surface area contributed by atoms with E-state index in [1.165, 1.54) is 19.2 Å². The Morgan fingerprint density at radius 2 is 0.695 bits per heavy atom. The fourth-order valence-corrected chi connectivity index (χ4v) is 7.90. The van der Waals surface area contributed by atoms with Gasteiger partial charge in [-0.1, -0.05) is 42.5 Å². The van der Waals surface area contributed by atoms with Gasteiger partial charge in [-0.25, -0.2) is 28.8 Å². The summed E-state index contributed by atoms with van der Waals surface area (Å²) >= 11 is 1.55. The molecule has 0 aliphatic heterocycles. The third-order valence-electron chi connectivity index (χ3n) is 11.6. The smallest absolute Gasteiger partial charge is 0.338 e. The first-order valence-electron chi connectivity index (χ1n) is 27.6. The Labute approximate surface area is 487 Å². The van der Waals surface area contributed by atoms with Gasteiger partial charge in [-0.05, 0) is 175 Å². The first kappa shape index (κ1) is 69.9. The van der Waals surface area contributed by atoms with Crippen LogP contribution in [-0.2, 0) is 28.4 Å². The number of thiophene rings is 1. The molecular weight excluding hydrogens is 1070 g/mol. The number of nitrogens with zero attached hydrogens (tertiary/aromatic N) is 1. The zero-order valence-electron chi connectivity index (χ0n) is 47.6. The molecule has 82 heavy (non-hydrogen) atoms. The van der Waals surface area contributed by atoms with Crippen molar-refractivity contribution in [3.05, 3.63) is 192 Å². The van der Waals surface area contributed by atoms with Gasteiger partial charge >= 0.3 is 35.8 Å². The Balaban J connectivity index is 0.000000421. The van der Waals surface area contributed by atoms with Crippen molar-refractivity contribution in [2.75, 3.05) is 46.8 Å². The van der Waals surface area contributed by atoms with Gasteiger partial charge in [0, 0.05) is 17.0 Å². The molecule has 1 aromatic heterocycles. The van der Waals surface area contributed by atoms with Gasteiger partial charge in [-0.15, -0.1) is 50.8 Å². The Morgan fingerprint density at radius 3 is 0.927 bits per heavy atom. The van der Waals surface area contributed by atoms with Crippen LogP contribution in [0.1, 0.15) is 178 Å². The summed E-state index contributed by atoms with van der Waals surface area (Å²) in [5, 5.41) is 13.1. The molecule has 0 spiro atoms. The number of ether oxygens (including phenoxy) is 7. The first-order valence-corrected chi connectivity index (χ1v) is 28.5. The molecule has 0 aliphatic carbocycles. The number of hydrogen-bond donors (Lipinski definition) is 0. The highest BCUT2D eigenvalue weighted by Gasteiger charge is 2.21. The van der Waals surface area contributed by atoms with Crippen molar-refractivity contribution in [3.63, 3.8) is 0 Å². The summed E-state index contributed by atoms with van der Waals surface area (Å²) < 4.78 is 36.6. The maximum atomic E-state index is 12.5. The Hall–Kier alpha value is -8.18. The summed E-state index contributed by atoms with van der Waals surface area (Å²) in [5.41, 5.74) is 1.60. The van der Waals surface area contributed by atoms with Gasteiger partial charge in [0.15, 0.2) is 0 Å². The van der Waals surface area contributed by atoms with E-state index in [1.807, 2.05) is 41.8 Å². The molecule has 16 nitrogen and oxygen atoms in total. The minimum absolute atomic E-state index is 0.0495. The van der Waals surface area contributed by atoms with Crippen molar-refractivity contribution in [1.82, 2.24) is 0 Å². The molecule has 0 radical (unpaired) electrons. The quantitative estimate of drug-likeness (QED) is 0.0102. The van der Waals surface area contributed by atoms with E-state index in [0.717, 1.165) is 125 Å². The lowest BCUT2D eigenvalue weighted by Crippen LogP contribution is -2.11. The number of nitro groups is 1. The number of benzene rings is 3. The molecule has 0 unspecified atom stereocenters. The van der Waals surface area contributed by atoms with Crippen molar-refractivity contribution in [3.8, 4) is 16.2 Å². The van der Waals surface area contributed by atoms with Gasteiger partial charge in [0.25, 0.3) is 5.69 Å². The molecule has 0 fully saturated rings. The van der Waals surface area contributed by atoms with E-state index in [4.69, 9.17) is 33.2 Å². The van der Waals surface area contributed by atoms with Crippen LogP contribution in [0.4, 0.5) is 5.69 Å². The zero-order valence-corrected chi connectivity index (χ0v) is 48.4. The fourth-order valence-electron chi connectivity index (χ4n) is 7.19. The summed E-state index contributed by atoms with van der Waals surface area (Å²) in [5.74, 6) is -2.84. The summed E-state index contributed by atoms with van der Waals surface area (Å²) in [7, 11) is 1.48. The number of methoxy groups -OCH3 is 1. The average Bonchev–Trinajstić information content (AvgIpc) is 4.16. The number of esters is 6. The lowest BCUT2D eigenvalue weighted by molar-refractivity contribution is -0.384. The van der Waals surface area contributed by atoms with Gasteiger partial charge in [0.05, 0.1) is 85.1 Å². The average molecular weight is 1150 g/mol. The third kappa shape index (κ3) is 29.3. The molecule has 442 valence electrons. The summed E-state index contributed by atoms with van der Waals surface area (Å²) in [4.78, 5) is 85.1. The van der Waals surface area contributed by atoms with Gasteiger partial charge in [-0.3, -0.25) is 10.1 Å². The lowest BCUT2D eigenvalue weighted by atomic mass is 10.0. The van der Waals surface area contributed by atoms with Crippen molar-refractivity contribution in [2.45, 2.75) is 116 Å². The number of hydrogen-bond acceptors (Lipinski definition) is 16. The van der Waals surface area contributed by atoms with Gasteiger partial charge in [-0.2, -0.15) is 0 Å². The Kier molecular flexibility index (Phi) is 37.2. The Bertz CT molecular complexity index is 2530. The van der Waals surface area contributed by atoms with Gasteiger partial charge in [0.2, 0.25) is 0 Å². The van der Waals surface area contributed by atoms with Crippen LogP contribution in [0.5, 0.6) is 5.75 Å². The monoisotopic (exact) mass is 1150 g/mol. The van der Waals surface area contributed by atoms with E-state index in [0.29, 0.717) is 56.1 Å². The third-order valence-corrected chi connectivity index (χ3v) is 12.6. The van der Waals surface area contributed by atoms with Crippen LogP contribution in [-0.4, -0.2) is 87.5 Å². The molecular formula is C65H81NO15S. The highest BCUT2D eigenvalue weighted by Crippen LogP contribution is 2.28. The van der Waals surface area contributed by atoms with Crippen LogP contribution in [0.3, 0.4) is 0 Å². The normalized spacial score (nSPS) is 10.2. The van der Waals surface area contributed by atoms with E-state index in [-0.39, 0.29) is 41.2 Å². The van der Waals surface area contributed by atoms with E-state index >= 15 is 0 Å². The molecule has 0 saturated carbocycles. The SMILES string of the molecule is C=CCCCCOC(=O)c1cc(C(=O)OCCCCC=C)cc(-c2cccs2)c1.C=CCCCCOC(=O)c1cc(C(=O)OCCCCC=C)cc([N+](=O)[O-])c1.C=CCCCCOC(=O)c1cc(OC)cc(C(=O)OCCCCC=C)c1. The molecule has 4 aromatic rings. The number of carbonyl (C=O) groups excluding carboxylic acids is 6. The molecule has 0 amide bonds. The second-order valence-electron chi connectivity index (χ2n) is 18.3. The van der Waals surface area contributed by atoms with Crippen molar-refractivity contribution >= 4 is 52.8 Å². The standard InChI is InChI=1S/C24H28O4S.C21H28O5.C20H25NO6/c1-3-5-7-9-13-27-23(25)20-16-19(22-12-11-15-29-22)17-21(18-20)24(26)28-14-10-8-6-4-2;1-4-6-8-10-12-25-20(22)17-14-18(16-19(15-17)24-3)21(23)26-13-11-9-7-5-2;1-3-5-7-9-11-26-19(22)16-13-17(15-18(14-16)21(24)25)20(23)27-12-10-8-6-4-2/h3-4,11-12,15-18H,1-2,5-10,13-14H2;4-5,14-16H,1-2,6-13H2,3H3;3-4,13-15H,1-2,5-12H2. The molecule has 0 saturated heterocycles. The second-order valence-corrected chi connectivity index (χ2v) is 19.2. The number of carbonyl (C=O) groups is 6. The maximum absolute atomic E-state index is 12.5. The predicted molar refractivity (Wildman–Crippen MR) is 322 cm³/mol. The fraction of sp³-hybridized carbons (Fsp3) is 0.385. The van der Waals surface area contributed by atoms with E-state index < -0.39 is 40.7 Å². The summed E-state index contributed by atoms with van der Waals surface area (Å²) in [6.45, 7) is 23.6. The highest BCUT2D eigenvalue weighted by atomic mass is 32.1. The second kappa shape index (κ2) is 43.6. The number of rotatable bonds is 39. The van der Waals surface area contributed by atoms with E-state index in [2.05, 4.69) is 39.5 Å². The van der Waals surface area contributed by atoms with Crippen LogP contribution >= 0.6 is 11.3 Å². The van der Waals surface area contributed by atoms with Crippen LogP contribution < -0.4 is 4.74 Å². The largest absolute Gasteiger partial charge is 0.497 e. The van der Waals surface area contributed by atoms with Crippen LogP contribution in [0, 0.1) is 10.1 Å². The molecule has 3 aromatic carbocycles. The van der Waals surface area contributed by atoms with Crippen molar-refractivity contribution in [1.29, 1.82) is 0 Å². The van der Waals surface area contributed by atoms with E-state index in [9.17, 15) is 38.9 Å². The molecule has 4 rings (SSSR count). The summed E-state index contributed by atoms with van der Waals surface area (Å²) in [6, 6.07) is 17.0. The van der Waals surface area contributed by atoms with Crippen molar-refractivity contribution in [2.24, 2.45) is 0 Å². The van der Waals surface area contributed by atoms with Crippen molar-refractivity contribution < 1.29 is 66.8 Å². The predicted octanol–water partition coefficient (Wildman–Crippen LogP) is 15.8. The molecule has 0 atom stereocenters. The highest BCUT2D eigenvalue weighted by molar-refractivity contribution is 7.13. The van der Waals surface area contributed by atoms with Gasteiger partial charge in [0.1, 0.15) is 5.75 Å². The number of unbranched alkanes of at least 4 members (excludes halogenated alkanes) is 12. The van der Waals surface area contributed by atoms with Gasteiger partial charge < -0.3 is 33.2 Å². The van der Waals surface area contributed by atoms with Crippen LogP contribution in [0.2, 0.25) is 0 Å². The molecule has 17 heteroatoms. The molecule has 0 aliphatic rings. The molecule has 1 heterocycles. The number of allylic oxidation sites excluding steroid dienone is 6. The minimum Gasteiger partial charge on any atom is -0.497 e.